The second-order valence-corrected chi connectivity index (χ2v) is 5.08. The van der Waals surface area contributed by atoms with Gasteiger partial charge in [-0.25, -0.2) is 0 Å². The number of aryl methyl sites for hydroxylation is 2. The second kappa shape index (κ2) is 4.80. The molecule has 102 valence electrons. The minimum Gasteiger partial charge on any atom is -0.432 e. The Balaban J connectivity index is 2.06. The van der Waals surface area contributed by atoms with Gasteiger partial charge >= 0.3 is 0 Å². The van der Waals surface area contributed by atoms with Crippen LogP contribution in [0.3, 0.4) is 0 Å². The molecule has 0 aliphatic heterocycles. The molecular weight excluding hydrogens is 276 g/mol. The van der Waals surface area contributed by atoms with E-state index in [2.05, 4.69) is 5.10 Å². The van der Waals surface area contributed by atoms with Crippen molar-refractivity contribution in [3.8, 4) is 0 Å². The van der Waals surface area contributed by atoms with Crippen LogP contribution in [0.2, 0.25) is 0 Å². The van der Waals surface area contributed by atoms with Crippen LogP contribution in [-0.2, 0) is 6.54 Å². The van der Waals surface area contributed by atoms with Crippen molar-refractivity contribution in [1.29, 1.82) is 0 Å². The van der Waals surface area contributed by atoms with Crippen LogP contribution in [0.1, 0.15) is 27.4 Å². The van der Waals surface area contributed by atoms with Gasteiger partial charge in [0.2, 0.25) is 5.71 Å². The molecule has 4 nitrogen and oxygen atoms in total. The van der Waals surface area contributed by atoms with Gasteiger partial charge in [-0.2, -0.15) is 0 Å². The van der Waals surface area contributed by atoms with Gasteiger partial charge in [-0.15, -0.1) is 5.10 Å². The fourth-order valence-electron chi connectivity index (χ4n) is 2.41. The molecule has 0 saturated heterocycles. The molecule has 0 aliphatic carbocycles. The molecule has 1 aromatic carbocycles. The molecule has 0 atom stereocenters. The van der Waals surface area contributed by atoms with E-state index in [1.165, 1.54) is 0 Å². The maximum Gasteiger partial charge on any atom is 0.288 e. The number of halogens is 1. The highest BCUT2D eigenvalue weighted by Crippen LogP contribution is 2.28. The topological polar surface area (TPSA) is 48.0 Å². The number of fused-ring (bicyclic) bond motifs is 1. The van der Waals surface area contributed by atoms with Crippen LogP contribution >= 0.6 is 11.6 Å². The molecule has 3 aromatic rings. The number of nitrogens with zero attached hydrogens (tertiary/aromatic N) is 2. The molecule has 2 aromatic heterocycles. The van der Waals surface area contributed by atoms with Crippen molar-refractivity contribution in [1.82, 2.24) is 9.78 Å². The van der Waals surface area contributed by atoms with Crippen molar-refractivity contribution in [2.24, 2.45) is 0 Å². The first-order valence-corrected chi connectivity index (χ1v) is 6.66. The van der Waals surface area contributed by atoms with Gasteiger partial charge in [-0.05, 0) is 31.0 Å². The van der Waals surface area contributed by atoms with E-state index < -0.39 is 5.24 Å². The average Bonchev–Trinajstić information content (AvgIpc) is 2.90. The van der Waals surface area contributed by atoms with Crippen LogP contribution in [0.4, 0.5) is 0 Å². The van der Waals surface area contributed by atoms with E-state index in [-0.39, 0.29) is 5.76 Å². The summed E-state index contributed by atoms with van der Waals surface area (Å²) in [7, 11) is 0. The highest BCUT2D eigenvalue weighted by atomic mass is 35.5. The molecule has 0 bridgehead atoms. The summed E-state index contributed by atoms with van der Waals surface area (Å²) in [5.41, 5.74) is 3.33. The van der Waals surface area contributed by atoms with E-state index in [0.29, 0.717) is 12.3 Å². The van der Waals surface area contributed by atoms with Crippen LogP contribution in [-0.4, -0.2) is 15.0 Å². The Kier molecular flexibility index (Phi) is 3.10. The summed E-state index contributed by atoms with van der Waals surface area (Å²) in [6, 6.07) is 10.1. The SMILES string of the molecule is Cc1c(C(=O)Cl)oc2nn(Cc3ccccc3)c(C)c12. The van der Waals surface area contributed by atoms with Crippen LogP contribution in [0, 0.1) is 13.8 Å². The van der Waals surface area contributed by atoms with E-state index in [0.717, 1.165) is 22.2 Å². The van der Waals surface area contributed by atoms with Crippen molar-refractivity contribution in [3.05, 3.63) is 52.9 Å². The normalized spacial score (nSPS) is 11.2. The number of aromatic nitrogens is 2. The molecule has 0 aliphatic rings. The van der Waals surface area contributed by atoms with Gasteiger partial charge < -0.3 is 4.42 Å². The van der Waals surface area contributed by atoms with E-state index in [4.69, 9.17) is 16.0 Å². The van der Waals surface area contributed by atoms with E-state index in [1.54, 1.807) is 0 Å². The molecule has 0 N–H and O–H groups in total. The Bertz CT molecular complexity index is 787. The lowest BCUT2D eigenvalue weighted by molar-refractivity contribution is 0.105. The zero-order chi connectivity index (χ0) is 14.3. The molecule has 5 heteroatoms. The molecular formula is C15H13ClN2O2. The molecule has 0 unspecified atom stereocenters. The van der Waals surface area contributed by atoms with Crippen LogP contribution < -0.4 is 0 Å². The third-order valence-electron chi connectivity index (χ3n) is 3.44. The summed E-state index contributed by atoms with van der Waals surface area (Å²) in [5.74, 6) is 0.180. The molecule has 3 rings (SSSR count). The molecule has 0 radical (unpaired) electrons. The van der Waals surface area contributed by atoms with Gasteiger partial charge in [-0.3, -0.25) is 9.48 Å². The number of hydrogen-bond acceptors (Lipinski definition) is 3. The predicted octanol–water partition coefficient (Wildman–Crippen LogP) is 3.67. The summed E-state index contributed by atoms with van der Waals surface area (Å²) in [6.45, 7) is 4.45. The Morgan fingerprint density at radius 2 is 2.00 bits per heavy atom. The summed E-state index contributed by atoms with van der Waals surface area (Å²) in [5, 5.41) is 4.69. The quantitative estimate of drug-likeness (QED) is 0.691. The first kappa shape index (κ1) is 12.9. The molecule has 2 heterocycles. The highest BCUT2D eigenvalue weighted by molar-refractivity contribution is 6.67. The van der Waals surface area contributed by atoms with Crippen molar-refractivity contribution < 1.29 is 9.21 Å². The summed E-state index contributed by atoms with van der Waals surface area (Å²) in [6.07, 6.45) is 0. The Labute approximate surface area is 120 Å². The minimum atomic E-state index is -0.588. The monoisotopic (exact) mass is 288 g/mol. The molecule has 0 saturated carbocycles. The van der Waals surface area contributed by atoms with Gasteiger partial charge in [0, 0.05) is 11.3 Å². The maximum absolute atomic E-state index is 11.3. The summed E-state index contributed by atoms with van der Waals surface area (Å²) < 4.78 is 7.32. The van der Waals surface area contributed by atoms with E-state index >= 15 is 0 Å². The molecule has 20 heavy (non-hydrogen) atoms. The summed E-state index contributed by atoms with van der Waals surface area (Å²) in [4.78, 5) is 11.3. The second-order valence-electron chi connectivity index (χ2n) is 4.74. The lowest BCUT2D eigenvalue weighted by atomic mass is 10.2. The van der Waals surface area contributed by atoms with Crippen molar-refractivity contribution in [2.45, 2.75) is 20.4 Å². The van der Waals surface area contributed by atoms with Crippen LogP contribution in [0.15, 0.2) is 34.7 Å². The Morgan fingerprint density at radius 3 is 2.60 bits per heavy atom. The van der Waals surface area contributed by atoms with E-state index in [9.17, 15) is 4.79 Å². The third kappa shape index (κ3) is 2.02. The largest absolute Gasteiger partial charge is 0.432 e. The number of carbonyl (C=O) groups excluding carboxylic acids is 1. The summed E-state index contributed by atoms with van der Waals surface area (Å²) >= 11 is 5.49. The zero-order valence-corrected chi connectivity index (χ0v) is 11.9. The van der Waals surface area contributed by atoms with Crippen molar-refractivity contribution in [3.63, 3.8) is 0 Å². The van der Waals surface area contributed by atoms with Gasteiger partial charge in [0.15, 0.2) is 5.76 Å². The Morgan fingerprint density at radius 1 is 1.30 bits per heavy atom. The van der Waals surface area contributed by atoms with Gasteiger partial charge in [0.25, 0.3) is 5.24 Å². The van der Waals surface area contributed by atoms with Gasteiger partial charge in [-0.1, -0.05) is 30.3 Å². The highest BCUT2D eigenvalue weighted by Gasteiger charge is 2.21. The zero-order valence-electron chi connectivity index (χ0n) is 11.2. The fraction of sp³-hybridized carbons (Fsp3) is 0.200. The number of rotatable bonds is 3. The van der Waals surface area contributed by atoms with Gasteiger partial charge in [0.05, 0.1) is 11.9 Å². The molecule has 0 amide bonds. The van der Waals surface area contributed by atoms with Gasteiger partial charge in [0.1, 0.15) is 0 Å². The van der Waals surface area contributed by atoms with E-state index in [1.807, 2.05) is 48.9 Å². The Hall–Kier alpha value is -2.07. The van der Waals surface area contributed by atoms with Crippen LogP contribution in [0.25, 0.3) is 11.1 Å². The smallest absolute Gasteiger partial charge is 0.288 e. The number of hydrogen-bond donors (Lipinski definition) is 0. The van der Waals surface area contributed by atoms with Crippen molar-refractivity contribution >= 4 is 27.9 Å². The standard InChI is InChI=1S/C15H13ClN2O2/c1-9-12-10(2)18(8-11-6-4-3-5-7-11)17-15(12)20-13(9)14(16)19/h3-7H,8H2,1-2H3. The van der Waals surface area contributed by atoms with Crippen molar-refractivity contribution in [2.75, 3.05) is 0 Å². The first-order chi connectivity index (χ1) is 9.58. The number of carbonyl (C=O) groups is 1. The predicted molar refractivity (Wildman–Crippen MR) is 77.2 cm³/mol. The average molecular weight is 289 g/mol. The van der Waals surface area contributed by atoms with Crippen LogP contribution in [0.5, 0.6) is 0 Å². The maximum atomic E-state index is 11.3. The molecule has 0 fully saturated rings. The minimum absolute atomic E-state index is 0.180. The number of furan rings is 1. The first-order valence-electron chi connectivity index (χ1n) is 6.28. The fourth-order valence-corrected chi connectivity index (χ4v) is 2.59. The number of benzene rings is 1. The lowest BCUT2D eigenvalue weighted by Gasteiger charge is -2.04. The lowest BCUT2D eigenvalue weighted by Crippen LogP contribution is -2.04. The molecule has 0 spiro atoms. The third-order valence-corrected chi connectivity index (χ3v) is 3.61.